The highest BCUT2D eigenvalue weighted by Crippen LogP contribution is 2.25. The van der Waals surface area contributed by atoms with Gasteiger partial charge in [0.1, 0.15) is 17.4 Å². The number of nitrogens with zero attached hydrogens (tertiary/aromatic N) is 1. The lowest BCUT2D eigenvalue weighted by Crippen LogP contribution is -2.27. The lowest BCUT2D eigenvalue weighted by atomic mass is 10.2. The van der Waals surface area contributed by atoms with Crippen molar-refractivity contribution in [2.45, 2.75) is 32.5 Å². The quantitative estimate of drug-likeness (QED) is 0.919. The van der Waals surface area contributed by atoms with Crippen molar-refractivity contribution < 1.29 is 27.4 Å². The summed E-state index contributed by atoms with van der Waals surface area (Å²) in [5.41, 5.74) is -0.610. The Morgan fingerprint density at radius 1 is 1.32 bits per heavy atom. The van der Waals surface area contributed by atoms with Crippen molar-refractivity contribution in [1.29, 1.82) is 5.26 Å². The van der Waals surface area contributed by atoms with Gasteiger partial charge in [0.2, 0.25) is 0 Å². The third-order valence-electron chi connectivity index (χ3n) is 2.14. The molecule has 0 atom stereocenters. The Labute approximate surface area is 125 Å². The van der Waals surface area contributed by atoms with Gasteiger partial charge in [0, 0.05) is 5.69 Å². The second kappa shape index (κ2) is 6.56. The Morgan fingerprint density at radius 2 is 1.95 bits per heavy atom. The van der Waals surface area contributed by atoms with Gasteiger partial charge in [0.05, 0.1) is 5.56 Å². The van der Waals surface area contributed by atoms with Crippen LogP contribution in [0.4, 0.5) is 23.7 Å². The average molecular weight is 316 g/mol. The smallest absolute Gasteiger partial charge is 0.422 e. The van der Waals surface area contributed by atoms with E-state index in [1.54, 1.807) is 26.8 Å². The Hall–Kier alpha value is -2.43. The Balaban J connectivity index is 2.81. The molecule has 0 spiro atoms. The van der Waals surface area contributed by atoms with Gasteiger partial charge in [-0.05, 0) is 39.0 Å². The number of anilines is 1. The zero-order valence-corrected chi connectivity index (χ0v) is 12.2. The molecule has 0 aromatic heterocycles. The number of nitrogens with one attached hydrogen (secondary N) is 1. The molecule has 0 unspecified atom stereocenters. The number of hydrogen-bond donors (Lipinski definition) is 1. The highest BCUT2D eigenvalue weighted by molar-refractivity contribution is 5.85. The van der Waals surface area contributed by atoms with Gasteiger partial charge in [-0.2, -0.15) is 18.4 Å². The highest BCUT2D eigenvalue weighted by atomic mass is 19.4. The molecule has 1 aromatic carbocycles. The van der Waals surface area contributed by atoms with Crippen molar-refractivity contribution >= 4 is 11.8 Å². The number of carbonyl (C=O) groups is 1. The summed E-state index contributed by atoms with van der Waals surface area (Å²) >= 11 is 0. The maximum atomic E-state index is 12.1. The van der Waals surface area contributed by atoms with Crippen molar-refractivity contribution in [1.82, 2.24) is 0 Å². The van der Waals surface area contributed by atoms with E-state index in [1.807, 2.05) is 0 Å². The first-order valence-electron chi connectivity index (χ1n) is 6.24. The number of benzene rings is 1. The molecule has 1 rings (SSSR count). The van der Waals surface area contributed by atoms with E-state index in [9.17, 15) is 18.0 Å². The molecule has 0 heterocycles. The molecule has 120 valence electrons. The Bertz CT molecular complexity index is 586. The van der Waals surface area contributed by atoms with Crippen LogP contribution in [0, 0.1) is 11.3 Å². The molecule has 1 N–H and O–H groups in total. The molecule has 0 fully saturated rings. The molecule has 5 nitrogen and oxygen atoms in total. The van der Waals surface area contributed by atoms with E-state index in [0.717, 1.165) is 0 Å². The van der Waals surface area contributed by atoms with Crippen LogP contribution in [-0.4, -0.2) is 24.5 Å². The minimum absolute atomic E-state index is 0.127. The predicted octanol–water partition coefficient (Wildman–Crippen LogP) is 3.85. The number of halogens is 3. The van der Waals surface area contributed by atoms with Crippen LogP contribution in [0.3, 0.4) is 0 Å². The summed E-state index contributed by atoms with van der Waals surface area (Å²) in [5.74, 6) is -0.213. The van der Waals surface area contributed by atoms with Gasteiger partial charge in [-0.25, -0.2) is 4.79 Å². The maximum Gasteiger partial charge on any atom is 0.422 e. The van der Waals surface area contributed by atoms with Crippen LogP contribution in [0.1, 0.15) is 26.3 Å². The Morgan fingerprint density at radius 3 is 2.45 bits per heavy atom. The molecule has 1 amide bonds. The van der Waals surface area contributed by atoms with Crippen LogP contribution in [0.25, 0.3) is 0 Å². The van der Waals surface area contributed by atoms with Crippen molar-refractivity contribution in [2.75, 3.05) is 11.9 Å². The summed E-state index contributed by atoms with van der Waals surface area (Å²) in [6.07, 6.45) is -5.24. The molecule has 22 heavy (non-hydrogen) atoms. The molecular weight excluding hydrogens is 301 g/mol. The minimum atomic E-state index is -4.50. The van der Waals surface area contributed by atoms with Crippen molar-refractivity contribution in [3.8, 4) is 11.8 Å². The van der Waals surface area contributed by atoms with E-state index in [1.165, 1.54) is 18.2 Å². The van der Waals surface area contributed by atoms with Crippen LogP contribution in [0.2, 0.25) is 0 Å². The van der Waals surface area contributed by atoms with Gasteiger partial charge in [0.25, 0.3) is 0 Å². The van der Waals surface area contributed by atoms with Gasteiger partial charge in [-0.1, -0.05) is 0 Å². The third-order valence-corrected chi connectivity index (χ3v) is 2.14. The number of rotatable bonds is 3. The van der Waals surface area contributed by atoms with Gasteiger partial charge in [0.15, 0.2) is 6.61 Å². The van der Waals surface area contributed by atoms with E-state index in [4.69, 9.17) is 10.00 Å². The van der Waals surface area contributed by atoms with Gasteiger partial charge in [-0.15, -0.1) is 0 Å². The molecule has 0 bridgehead atoms. The maximum absolute atomic E-state index is 12.1. The first-order valence-corrected chi connectivity index (χ1v) is 6.24. The molecular formula is C14H15F3N2O3. The fourth-order valence-electron chi connectivity index (χ4n) is 1.40. The van der Waals surface area contributed by atoms with Crippen LogP contribution in [0.5, 0.6) is 5.75 Å². The van der Waals surface area contributed by atoms with E-state index in [2.05, 4.69) is 10.1 Å². The van der Waals surface area contributed by atoms with Crippen molar-refractivity contribution in [2.24, 2.45) is 0 Å². The third kappa shape index (κ3) is 6.35. The highest BCUT2D eigenvalue weighted by Gasteiger charge is 2.29. The number of hydrogen-bond acceptors (Lipinski definition) is 4. The molecule has 0 saturated heterocycles. The van der Waals surface area contributed by atoms with Crippen LogP contribution >= 0.6 is 0 Å². The molecule has 8 heteroatoms. The second-order valence-corrected chi connectivity index (χ2v) is 5.35. The fourth-order valence-corrected chi connectivity index (χ4v) is 1.40. The van der Waals surface area contributed by atoms with Crippen LogP contribution in [0.15, 0.2) is 18.2 Å². The summed E-state index contributed by atoms with van der Waals surface area (Å²) in [5, 5.41) is 11.3. The van der Waals surface area contributed by atoms with E-state index >= 15 is 0 Å². The summed E-state index contributed by atoms with van der Waals surface area (Å²) in [4.78, 5) is 11.6. The van der Waals surface area contributed by atoms with Crippen molar-refractivity contribution in [3.63, 3.8) is 0 Å². The molecule has 0 aliphatic heterocycles. The normalized spacial score (nSPS) is 11.5. The first kappa shape index (κ1) is 17.6. The summed E-state index contributed by atoms with van der Waals surface area (Å²) in [7, 11) is 0. The topological polar surface area (TPSA) is 71.3 Å². The minimum Gasteiger partial charge on any atom is -0.483 e. The van der Waals surface area contributed by atoms with Gasteiger partial charge < -0.3 is 9.47 Å². The van der Waals surface area contributed by atoms with E-state index in [0.29, 0.717) is 0 Å². The van der Waals surface area contributed by atoms with E-state index in [-0.39, 0.29) is 17.0 Å². The number of alkyl halides is 3. The SMILES string of the molecule is CC(C)(C)OC(=O)Nc1ccc(OCC(F)(F)F)c(C#N)c1. The number of carbonyl (C=O) groups excluding carboxylic acids is 1. The lowest BCUT2D eigenvalue weighted by Gasteiger charge is -2.19. The molecule has 0 aliphatic rings. The van der Waals surface area contributed by atoms with E-state index < -0.39 is 24.5 Å². The van der Waals surface area contributed by atoms with Gasteiger partial charge >= 0.3 is 12.3 Å². The number of ether oxygens (including phenoxy) is 2. The fraction of sp³-hybridized carbons (Fsp3) is 0.429. The summed E-state index contributed by atoms with van der Waals surface area (Å²) in [6.45, 7) is 3.55. The van der Waals surface area contributed by atoms with Gasteiger partial charge in [-0.3, -0.25) is 5.32 Å². The summed E-state index contributed by atoms with van der Waals surface area (Å²) in [6, 6.07) is 5.41. The predicted molar refractivity (Wildman–Crippen MR) is 72.6 cm³/mol. The molecule has 0 aliphatic carbocycles. The second-order valence-electron chi connectivity index (χ2n) is 5.35. The molecule has 1 aromatic rings. The number of nitriles is 1. The summed E-state index contributed by atoms with van der Waals surface area (Å²) < 4.78 is 45.9. The largest absolute Gasteiger partial charge is 0.483 e. The molecule has 0 radical (unpaired) electrons. The first-order chi connectivity index (χ1) is 10.00. The zero-order chi connectivity index (χ0) is 17.0. The standard InChI is InChI=1S/C14H15F3N2O3/c1-13(2,3)22-12(20)19-10-4-5-11(9(6-10)7-18)21-8-14(15,16)17/h4-6H,8H2,1-3H3,(H,19,20). The van der Waals surface area contributed by atoms with Crippen molar-refractivity contribution in [3.05, 3.63) is 23.8 Å². The Kier molecular flexibility index (Phi) is 5.25. The zero-order valence-electron chi connectivity index (χ0n) is 12.2. The number of amides is 1. The molecule has 0 saturated carbocycles. The lowest BCUT2D eigenvalue weighted by molar-refractivity contribution is -0.153. The average Bonchev–Trinajstić information content (AvgIpc) is 2.33. The monoisotopic (exact) mass is 316 g/mol. The van der Waals surface area contributed by atoms with Crippen LogP contribution < -0.4 is 10.1 Å². The van der Waals surface area contributed by atoms with Crippen LogP contribution in [-0.2, 0) is 4.74 Å².